The van der Waals surface area contributed by atoms with Crippen LogP contribution < -0.4 is 5.73 Å². The Kier molecular flexibility index (Phi) is 3.44. The average molecular weight is 283 g/mol. The lowest BCUT2D eigenvalue weighted by molar-refractivity contribution is -0.137. The van der Waals surface area contributed by atoms with Crippen molar-refractivity contribution >= 4 is 5.84 Å². The van der Waals surface area contributed by atoms with Crippen LogP contribution in [0.4, 0.5) is 17.6 Å². The highest BCUT2D eigenvalue weighted by Crippen LogP contribution is 2.33. The molecule has 0 saturated carbocycles. The summed E-state index contributed by atoms with van der Waals surface area (Å²) in [5, 5.41) is 7.23. The van der Waals surface area contributed by atoms with Crippen LogP contribution in [-0.2, 0) is 6.18 Å². The molecule has 0 atom stereocenters. The second kappa shape index (κ2) is 4.92. The second-order valence-corrected chi connectivity index (χ2v) is 4.04. The number of alkyl halides is 3. The van der Waals surface area contributed by atoms with E-state index in [9.17, 15) is 17.6 Å². The molecule has 0 saturated heterocycles. The minimum absolute atomic E-state index is 0.0688. The molecule has 2 aromatic rings. The summed E-state index contributed by atoms with van der Waals surface area (Å²) < 4.78 is 51.6. The van der Waals surface area contributed by atoms with Gasteiger partial charge in [-0.05, 0) is 35.9 Å². The van der Waals surface area contributed by atoms with Crippen LogP contribution in [-0.4, -0.2) is 10.8 Å². The summed E-state index contributed by atoms with van der Waals surface area (Å²) in [6.07, 6.45) is -3.30. The third-order valence-electron chi connectivity index (χ3n) is 2.64. The Morgan fingerprint density at radius 3 is 2.45 bits per heavy atom. The molecule has 3 nitrogen and oxygen atoms in total. The lowest BCUT2D eigenvalue weighted by atomic mass is 10.0. The maximum Gasteiger partial charge on any atom is 0.416 e. The fourth-order valence-electron chi connectivity index (χ4n) is 1.67. The second-order valence-electron chi connectivity index (χ2n) is 4.04. The molecule has 0 radical (unpaired) electrons. The molecule has 1 heterocycles. The molecule has 104 valence electrons. The molecular formula is C13H9F4N3. The first-order chi connectivity index (χ1) is 9.29. The zero-order chi connectivity index (χ0) is 14.9. The number of hydrogen-bond acceptors (Lipinski definition) is 2. The number of benzene rings is 1. The summed E-state index contributed by atoms with van der Waals surface area (Å²) in [5.41, 5.74) is 4.32. The normalized spacial score (nSPS) is 11.4. The maximum atomic E-state index is 13.7. The number of rotatable bonds is 2. The van der Waals surface area contributed by atoms with Gasteiger partial charge in [0.15, 0.2) is 0 Å². The van der Waals surface area contributed by atoms with E-state index in [2.05, 4.69) is 4.98 Å². The standard InChI is InChI=1S/C13H9F4N3/c14-10-2-1-8(13(15,16)17)6-9(10)7-3-4-20-11(5-7)12(18)19/h1-6H,(H3,18,19). The van der Waals surface area contributed by atoms with E-state index in [1.165, 1.54) is 18.3 Å². The molecule has 0 fully saturated rings. The molecule has 0 unspecified atom stereocenters. The minimum Gasteiger partial charge on any atom is -0.382 e. The van der Waals surface area contributed by atoms with Crippen LogP contribution in [0.3, 0.4) is 0 Å². The number of aromatic nitrogens is 1. The summed E-state index contributed by atoms with van der Waals surface area (Å²) in [6.45, 7) is 0. The number of pyridine rings is 1. The van der Waals surface area contributed by atoms with E-state index in [-0.39, 0.29) is 22.7 Å². The van der Waals surface area contributed by atoms with Crippen molar-refractivity contribution in [3.63, 3.8) is 0 Å². The zero-order valence-electron chi connectivity index (χ0n) is 10.0. The number of nitrogens with one attached hydrogen (secondary N) is 1. The first-order valence-electron chi connectivity index (χ1n) is 5.46. The first kappa shape index (κ1) is 14.0. The van der Waals surface area contributed by atoms with Gasteiger partial charge < -0.3 is 5.73 Å². The lowest BCUT2D eigenvalue weighted by Crippen LogP contribution is -2.13. The van der Waals surface area contributed by atoms with Crippen molar-refractivity contribution in [2.75, 3.05) is 0 Å². The van der Waals surface area contributed by atoms with Crippen LogP contribution >= 0.6 is 0 Å². The van der Waals surface area contributed by atoms with Crippen molar-refractivity contribution in [1.29, 1.82) is 5.41 Å². The molecule has 7 heteroatoms. The third-order valence-corrected chi connectivity index (χ3v) is 2.64. The van der Waals surface area contributed by atoms with Gasteiger partial charge in [0.05, 0.1) is 5.56 Å². The number of halogens is 4. The van der Waals surface area contributed by atoms with E-state index >= 15 is 0 Å². The highest BCUT2D eigenvalue weighted by molar-refractivity contribution is 5.94. The number of nitrogens with two attached hydrogens (primary N) is 1. The van der Waals surface area contributed by atoms with Crippen molar-refractivity contribution in [2.24, 2.45) is 5.73 Å². The molecule has 0 spiro atoms. The van der Waals surface area contributed by atoms with Gasteiger partial charge in [0.1, 0.15) is 17.3 Å². The molecule has 0 aliphatic rings. The van der Waals surface area contributed by atoms with E-state index in [4.69, 9.17) is 11.1 Å². The van der Waals surface area contributed by atoms with Crippen LogP contribution in [0.2, 0.25) is 0 Å². The van der Waals surface area contributed by atoms with Gasteiger partial charge in [-0.2, -0.15) is 13.2 Å². The molecule has 0 amide bonds. The average Bonchev–Trinajstić information content (AvgIpc) is 2.38. The SMILES string of the molecule is N=C(N)c1cc(-c2cc(C(F)(F)F)ccc2F)ccn1. The van der Waals surface area contributed by atoms with Gasteiger partial charge in [0.25, 0.3) is 0 Å². The molecule has 20 heavy (non-hydrogen) atoms. The van der Waals surface area contributed by atoms with Crippen molar-refractivity contribution in [1.82, 2.24) is 4.98 Å². The first-order valence-corrected chi connectivity index (χ1v) is 5.46. The Morgan fingerprint density at radius 1 is 1.15 bits per heavy atom. The van der Waals surface area contributed by atoms with Gasteiger partial charge in [0.2, 0.25) is 0 Å². The van der Waals surface area contributed by atoms with Gasteiger partial charge in [-0.15, -0.1) is 0 Å². The molecule has 2 rings (SSSR count). The molecule has 1 aromatic heterocycles. The summed E-state index contributed by atoms with van der Waals surface area (Å²) in [7, 11) is 0. The molecule has 3 N–H and O–H groups in total. The van der Waals surface area contributed by atoms with Crippen molar-refractivity contribution in [3.8, 4) is 11.1 Å². The summed E-state index contributed by atoms with van der Waals surface area (Å²) in [4.78, 5) is 3.77. The van der Waals surface area contributed by atoms with E-state index < -0.39 is 17.6 Å². The highest BCUT2D eigenvalue weighted by Gasteiger charge is 2.31. The Hall–Kier alpha value is -2.44. The van der Waals surface area contributed by atoms with Crippen LogP contribution in [0.25, 0.3) is 11.1 Å². The predicted molar refractivity (Wildman–Crippen MR) is 65.6 cm³/mol. The van der Waals surface area contributed by atoms with Gasteiger partial charge in [-0.3, -0.25) is 10.4 Å². The maximum absolute atomic E-state index is 13.7. The van der Waals surface area contributed by atoms with E-state index in [0.29, 0.717) is 12.1 Å². The van der Waals surface area contributed by atoms with E-state index in [1.807, 2.05) is 0 Å². The number of hydrogen-bond donors (Lipinski definition) is 2. The van der Waals surface area contributed by atoms with Crippen LogP contribution in [0, 0.1) is 11.2 Å². The smallest absolute Gasteiger partial charge is 0.382 e. The molecule has 0 aliphatic heterocycles. The summed E-state index contributed by atoms with van der Waals surface area (Å²) in [6, 6.07) is 4.76. The Morgan fingerprint density at radius 2 is 1.85 bits per heavy atom. The molecule has 0 bridgehead atoms. The highest BCUT2D eigenvalue weighted by atomic mass is 19.4. The van der Waals surface area contributed by atoms with Gasteiger partial charge in [-0.25, -0.2) is 4.39 Å². The Bertz CT molecular complexity index is 665. The fourth-order valence-corrected chi connectivity index (χ4v) is 1.67. The number of nitrogen functional groups attached to an aromatic ring is 1. The largest absolute Gasteiger partial charge is 0.416 e. The quantitative estimate of drug-likeness (QED) is 0.505. The Balaban J connectivity index is 2.57. The zero-order valence-corrected chi connectivity index (χ0v) is 10.0. The van der Waals surface area contributed by atoms with Gasteiger partial charge in [-0.1, -0.05) is 0 Å². The van der Waals surface area contributed by atoms with E-state index in [0.717, 1.165) is 6.07 Å². The van der Waals surface area contributed by atoms with Crippen molar-refractivity contribution < 1.29 is 17.6 Å². The van der Waals surface area contributed by atoms with Crippen LogP contribution in [0.5, 0.6) is 0 Å². The van der Waals surface area contributed by atoms with Crippen LogP contribution in [0.1, 0.15) is 11.3 Å². The van der Waals surface area contributed by atoms with E-state index in [1.54, 1.807) is 0 Å². The number of nitrogens with zero attached hydrogens (tertiary/aromatic N) is 1. The number of amidine groups is 1. The van der Waals surface area contributed by atoms with Crippen molar-refractivity contribution in [3.05, 3.63) is 53.6 Å². The molecule has 0 aliphatic carbocycles. The summed E-state index contributed by atoms with van der Waals surface area (Å²) >= 11 is 0. The molecule has 1 aromatic carbocycles. The minimum atomic E-state index is -4.56. The molecular weight excluding hydrogens is 274 g/mol. The fraction of sp³-hybridized carbons (Fsp3) is 0.0769. The topological polar surface area (TPSA) is 62.8 Å². The predicted octanol–water partition coefficient (Wildman–Crippen LogP) is 3.19. The van der Waals surface area contributed by atoms with Crippen molar-refractivity contribution in [2.45, 2.75) is 6.18 Å². The third kappa shape index (κ3) is 2.76. The van der Waals surface area contributed by atoms with Crippen LogP contribution in [0.15, 0.2) is 36.5 Å². The monoisotopic (exact) mass is 283 g/mol. The van der Waals surface area contributed by atoms with Gasteiger partial charge >= 0.3 is 6.18 Å². The van der Waals surface area contributed by atoms with Gasteiger partial charge in [0, 0.05) is 11.8 Å². The summed E-state index contributed by atoms with van der Waals surface area (Å²) in [5.74, 6) is -1.14. The lowest BCUT2D eigenvalue weighted by Gasteiger charge is -2.10. The Labute approximate surface area is 111 Å².